The Morgan fingerprint density at radius 1 is 1.39 bits per heavy atom. The van der Waals surface area contributed by atoms with E-state index in [2.05, 4.69) is 30.9 Å². The van der Waals surface area contributed by atoms with Crippen molar-refractivity contribution in [3.8, 4) is 0 Å². The first-order valence-corrected chi connectivity index (χ1v) is 7.24. The summed E-state index contributed by atoms with van der Waals surface area (Å²) >= 11 is 5.96. The maximum absolute atomic E-state index is 6.20. The largest absolute Gasteiger partial charge is 0.326 e. The van der Waals surface area contributed by atoms with Crippen LogP contribution in [-0.2, 0) is 0 Å². The normalized spacial score (nSPS) is 24.1. The molecule has 3 atom stereocenters. The third-order valence-electron chi connectivity index (χ3n) is 4.00. The molecule has 1 fully saturated rings. The molecule has 18 heavy (non-hydrogen) atoms. The molecule has 1 aromatic carbocycles. The molecule has 0 saturated carbocycles. The summed E-state index contributed by atoms with van der Waals surface area (Å²) in [7, 11) is 0. The number of nitrogens with zero attached hydrogens (tertiary/aromatic N) is 1. The van der Waals surface area contributed by atoms with Gasteiger partial charge in [0.1, 0.15) is 0 Å². The lowest BCUT2D eigenvalue weighted by Gasteiger charge is -2.31. The van der Waals surface area contributed by atoms with E-state index >= 15 is 0 Å². The van der Waals surface area contributed by atoms with Crippen molar-refractivity contribution in [2.75, 3.05) is 13.1 Å². The fraction of sp³-hybridized carbons (Fsp3) is 0.600. The summed E-state index contributed by atoms with van der Waals surface area (Å²) in [6, 6.07) is 8.59. The van der Waals surface area contributed by atoms with Crippen molar-refractivity contribution in [2.45, 2.75) is 38.8 Å². The first-order valence-electron chi connectivity index (χ1n) is 6.87. The Bertz CT molecular complexity index is 375. The topological polar surface area (TPSA) is 29.3 Å². The molecule has 1 aromatic rings. The quantitative estimate of drug-likeness (QED) is 0.904. The fourth-order valence-corrected chi connectivity index (χ4v) is 3.08. The predicted molar refractivity (Wildman–Crippen MR) is 77.8 cm³/mol. The highest BCUT2D eigenvalue weighted by Gasteiger charge is 2.30. The number of nitrogens with two attached hydrogens (primary N) is 1. The van der Waals surface area contributed by atoms with Crippen molar-refractivity contribution in [1.82, 2.24) is 4.90 Å². The monoisotopic (exact) mass is 266 g/mol. The average molecular weight is 267 g/mol. The summed E-state index contributed by atoms with van der Waals surface area (Å²) in [6.45, 7) is 6.70. The summed E-state index contributed by atoms with van der Waals surface area (Å²) in [5.41, 5.74) is 7.48. The summed E-state index contributed by atoms with van der Waals surface area (Å²) in [5, 5.41) is 0.787. The maximum Gasteiger partial charge on any atom is 0.0496 e. The van der Waals surface area contributed by atoms with Crippen LogP contribution < -0.4 is 5.73 Å². The molecule has 3 heteroatoms. The number of likely N-dealkylation sites (tertiary alicyclic amines) is 1. The number of hydrogen-bond acceptors (Lipinski definition) is 2. The van der Waals surface area contributed by atoms with Gasteiger partial charge in [-0.2, -0.15) is 0 Å². The lowest BCUT2D eigenvalue weighted by Crippen LogP contribution is -2.38. The standard InChI is InChI=1S/C15H23ClN2/c1-3-12-8-9-18(10-12)15(11(2)17)13-4-6-14(16)7-5-13/h4-7,11-12,15H,3,8-10,17H2,1-2H3. The summed E-state index contributed by atoms with van der Waals surface area (Å²) in [6.07, 6.45) is 2.57. The van der Waals surface area contributed by atoms with Crippen LogP contribution in [0.25, 0.3) is 0 Å². The minimum atomic E-state index is 0.141. The highest BCUT2D eigenvalue weighted by atomic mass is 35.5. The molecule has 2 nitrogen and oxygen atoms in total. The van der Waals surface area contributed by atoms with E-state index < -0.39 is 0 Å². The van der Waals surface area contributed by atoms with E-state index in [1.807, 2.05) is 12.1 Å². The van der Waals surface area contributed by atoms with E-state index in [-0.39, 0.29) is 6.04 Å². The molecule has 0 amide bonds. The molecule has 0 bridgehead atoms. The van der Waals surface area contributed by atoms with Gasteiger partial charge >= 0.3 is 0 Å². The van der Waals surface area contributed by atoms with Crippen LogP contribution in [0.1, 0.15) is 38.3 Å². The van der Waals surface area contributed by atoms with Gasteiger partial charge in [-0.1, -0.05) is 37.1 Å². The van der Waals surface area contributed by atoms with Crippen molar-refractivity contribution in [2.24, 2.45) is 11.7 Å². The second-order valence-corrected chi connectivity index (χ2v) is 5.85. The van der Waals surface area contributed by atoms with Gasteiger partial charge in [0.2, 0.25) is 0 Å². The molecule has 0 radical (unpaired) electrons. The molecule has 1 aliphatic heterocycles. The number of benzene rings is 1. The zero-order valence-electron chi connectivity index (χ0n) is 11.3. The van der Waals surface area contributed by atoms with Gasteiger partial charge in [0.05, 0.1) is 0 Å². The smallest absolute Gasteiger partial charge is 0.0496 e. The van der Waals surface area contributed by atoms with Crippen molar-refractivity contribution < 1.29 is 0 Å². The Balaban J connectivity index is 2.16. The fourth-order valence-electron chi connectivity index (χ4n) is 2.96. The van der Waals surface area contributed by atoms with Gasteiger partial charge in [0.15, 0.2) is 0 Å². The third kappa shape index (κ3) is 3.05. The Hall–Kier alpha value is -0.570. The summed E-state index contributed by atoms with van der Waals surface area (Å²) in [4.78, 5) is 2.53. The van der Waals surface area contributed by atoms with Crippen LogP contribution >= 0.6 is 11.6 Å². The van der Waals surface area contributed by atoms with E-state index in [0.29, 0.717) is 6.04 Å². The first-order chi connectivity index (χ1) is 8.61. The molecule has 0 aliphatic carbocycles. The van der Waals surface area contributed by atoms with Crippen molar-refractivity contribution in [3.63, 3.8) is 0 Å². The van der Waals surface area contributed by atoms with E-state index in [1.165, 1.54) is 24.9 Å². The SMILES string of the molecule is CCC1CCN(C(c2ccc(Cl)cc2)C(C)N)C1. The lowest BCUT2D eigenvalue weighted by molar-refractivity contribution is 0.210. The minimum Gasteiger partial charge on any atom is -0.326 e. The van der Waals surface area contributed by atoms with Crippen molar-refractivity contribution in [1.29, 1.82) is 0 Å². The second kappa shape index (κ2) is 6.05. The highest BCUT2D eigenvalue weighted by molar-refractivity contribution is 6.30. The molecule has 1 aliphatic rings. The third-order valence-corrected chi connectivity index (χ3v) is 4.25. The molecule has 1 heterocycles. The van der Waals surface area contributed by atoms with Crippen molar-refractivity contribution in [3.05, 3.63) is 34.9 Å². The van der Waals surface area contributed by atoms with Crippen LogP contribution in [0.5, 0.6) is 0 Å². The van der Waals surface area contributed by atoms with Gasteiger partial charge < -0.3 is 5.73 Å². The maximum atomic E-state index is 6.20. The van der Waals surface area contributed by atoms with Crippen LogP contribution in [0.3, 0.4) is 0 Å². The molecule has 100 valence electrons. The molecule has 3 unspecified atom stereocenters. The van der Waals surface area contributed by atoms with Crippen LogP contribution in [0.4, 0.5) is 0 Å². The number of hydrogen-bond donors (Lipinski definition) is 1. The van der Waals surface area contributed by atoms with Crippen LogP contribution in [-0.4, -0.2) is 24.0 Å². The van der Waals surface area contributed by atoms with E-state index in [4.69, 9.17) is 17.3 Å². The van der Waals surface area contributed by atoms with E-state index in [9.17, 15) is 0 Å². The van der Waals surface area contributed by atoms with Crippen LogP contribution in [0, 0.1) is 5.92 Å². The number of halogens is 1. The molecule has 0 aromatic heterocycles. The number of rotatable bonds is 4. The molecular weight excluding hydrogens is 244 g/mol. The summed E-state index contributed by atoms with van der Waals surface area (Å²) < 4.78 is 0. The van der Waals surface area contributed by atoms with Crippen LogP contribution in [0.2, 0.25) is 5.02 Å². The molecule has 2 N–H and O–H groups in total. The molecule has 2 rings (SSSR count). The highest BCUT2D eigenvalue weighted by Crippen LogP contribution is 2.31. The van der Waals surface area contributed by atoms with Crippen LogP contribution in [0.15, 0.2) is 24.3 Å². The van der Waals surface area contributed by atoms with Crippen molar-refractivity contribution >= 4 is 11.6 Å². The first kappa shape index (κ1) is 13.9. The van der Waals surface area contributed by atoms with Gasteiger partial charge in [0, 0.05) is 23.7 Å². The van der Waals surface area contributed by atoms with Gasteiger partial charge in [0.25, 0.3) is 0 Å². The lowest BCUT2D eigenvalue weighted by atomic mass is 9.99. The zero-order valence-corrected chi connectivity index (χ0v) is 12.0. The minimum absolute atomic E-state index is 0.141. The van der Waals surface area contributed by atoms with Gasteiger partial charge in [-0.3, -0.25) is 4.90 Å². The Kier molecular flexibility index (Phi) is 4.66. The van der Waals surface area contributed by atoms with E-state index in [0.717, 1.165) is 17.5 Å². The Morgan fingerprint density at radius 2 is 2.06 bits per heavy atom. The van der Waals surface area contributed by atoms with Gasteiger partial charge in [-0.15, -0.1) is 0 Å². The van der Waals surface area contributed by atoms with Gasteiger partial charge in [-0.05, 0) is 43.5 Å². The Morgan fingerprint density at radius 3 is 2.56 bits per heavy atom. The zero-order chi connectivity index (χ0) is 13.1. The molecule has 0 spiro atoms. The molecular formula is C15H23ClN2. The summed E-state index contributed by atoms with van der Waals surface area (Å²) in [5.74, 6) is 0.832. The Labute approximate surface area is 115 Å². The second-order valence-electron chi connectivity index (χ2n) is 5.41. The molecule has 1 saturated heterocycles. The average Bonchev–Trinajstić information content (AvgIpc) is 2.80. The van der Waals surface area contributed by atoms with E-state index in [1.54, 1.807) is 0 Å². The van der Waals surface area contributed by atoms with Gasteiger partial charge in [-0.25, -0.2) is 0 Å². The predicted octanol–water partition coefficient (Wildman–Crippen LogP) is 3.46.